The van der Waals surface area contributed by atoms with Crippen molar-refractivity contribution >= 4 is 17.7 Å². The van der Waals surface area contributed by atoms with Gasteiger partial charge in [0.25, 0.3) is 0 Å². The molecule has 8 heteroatoms. The van der Waals surface area contributed by atoms with Crippen LogP contribution < -0.4 is 5.32 Å². The molecule has 1 unspecified atom stereocenters. The van der Waals surface area contributed by atoms with Gasteiger partial charge in [-0.2, -0.15) is 0 Å². The van der Waals surface area contributed by atoms with E-state index in [1.165, 1.54) is 32.6 Å². The third-order valence-electron chi connectivity index (χ3n) is 8.67. The third-order valence-corrected chi connectivity index (χ3v) is 8.67. The van der Waals surface area contributed by atoms with Crippen LogP contribution in [0.2, 0.25) is 0 Å². The molecule has 3 amide bonds. The van der Waals surface area contributed by atoms with Crippen molar-refractivity contribution in [2.24, 2.45) is 0 Å². The van der Waals surface area contributed by atoms with E-state index in [1.807, 2.05) is 57.3 Å². The lowest BCUT2D eigenvalue weighted by Gasteiger charge is -2.36. The summed E-state index contributed by atoms with van der Waals surface area (Å²) in [5, 5.41) is 13.0. The van der Waals surface area contributed by atoms with E-state index in [0.29, 0.717) is 38.8 Å². The minimum Gasteiger partial charge on any atom is -0.393 e. The van der Waals surface area contributed by atoms with E-state index in [0.717, 1.165) is 5.56 Å². The molecule has 8 nitrogen and oxygen atoms in total. The SMILES string of the molecule is CNC(C)(C)C/C=C/C(=O)N(C)CC(=O)N(C)C(Cc1ccccc1)C(=O)N1CCC(O)CC1.Cc1ccc(-c2ccccc2)cc1. The van der Waals surface area contributed by atoms with E-state index in [2.05, 4.69) is 60.8 Å². The summed E-state index contributed by atoms with van der Waals surface area (Å²) in [7, 11) is 5.08. The molecular formula is C39H52N4O4. The molecule has 3 aromatic carbocycles. The highest BCUT2D eigenvalue weighted by Crippen LogP contribution is 2.19. The van der Waals surface area contributed by atoms with Crippen molar-refractivity contribution in [2.45, 2.75) is 64.1 Å². The topological polar surface area (TPSA) is 93.2 Å². The molecule has 1 fully saturated rings. The normalized spacial score (nSPS) is 14.2. The predicted molar refractivity (Wildman–Crippen MR) is 190 cm³/mol. The number of rotatable bonds is 11. The number of aliphatic hydroxyl groups is 1. The van der Waals surface area contributed by atoms with Crippen LogP contribution in [0.4, 0.5) is 0 Å². The molecule has 0 aliphatic carbocycles. The number of piperidine rings is 1. The minimum atomic E-state index is -0.680. The second kappa shape index (κ2) is 18.2. The fraction of sp³-hybridized carbons (Fsp3) is 0.410. The van der Waals surface area contributed by atoms with E-state index in [4.69, 9.17) is 0 Å². The highest BCUT2D eigenvalue weighted by Gasteiger charge is 2.33. The number of likely N-dealkylation sites (tertiary alicyclic amines) is 1. The number of nitrogens with zero attached hydrogens (tertiary/aromatic N) is 3. The largest absolute Gasteiger partial charge is 0.393 e. The molecule has 0 bridgehead atoms. The van der Waals surface area contributed by atoms with Gasteiger partial charge < -0.3 is 25.1 Å². The predicted octanol–water partition coefficient (Wildman–Crippen LogP) is 5.10. The van der Waals surface area contributed by atoms with Crippen LogP contribution in [0.5, 0.6) is 0 Å². The number of hydrogen-bond acceptors (Lipinski definition) is 5. The number of carbonyl (C=O) groups excluding carboxylic acids is 3. The Balaban J connectivity index is 0.000000380. The Morgan fingerprint density at radius 2 is 1.47 bits per heavy atom. The molecule has 1 atom stereocenters. The smallest absolute Gasteiger partial charge is 0.246 e. The summed E-state index contributed by atoms with van der Waals surface area (Å²) in [5.41, 5.74) is 4.70. The molecule has 252 valence electrons. The quantitative estimate of drug-likeness (QED) is 0.285. The molecule has 1 aliphatic heterocycles. The van der Waals surface area contributed by atoms with Crippen LogP contribution in [-0.2, 0) is 20.8 Å². The Morgan fingerprint density at radius 1 is 0.915 bits per heavy atom. The van der Waals surface area contributed by atoms with Crippen molar-refractivity contribution in [3.05, 3.63) is 108 Å². The van der Waals surface area contributed by atoms with Crippen molar-refractivity contribution in [3.63, 3.8) is 0 Å². The molecule has 2 N–H and O–H groups in total. The van der Waals surface area contributed by atoms with Crippen LogP contribution >= 0.6 is 0 Å². The van der Waals surface area contributed by atoms with Crippen LogP contribution in [-0.4, -0.2) is 96.0 Å². The number of carbonyl (C=O) groups is 3. The maximum Gasteiger partial charge on any atom is 0.246 e. The fourth-order valence-electron chi connectivity index (χ4n) is 5.15. The van der Waals surface area contributed by atoms with Crippen LogP contribution in [0.1, 0.15) is 44.2 Å². The van der Waals surface area contributed by atoms with Gasteiger partial charge in [0.2, 0.25) is 17.7 Å². The van der Waals surface area contributed by atoms with E-state index in [-0.39, 0.29) is 35.9 Å². The first-order valence-electron chi connectivity index (χ1n) is 16.4. The first-order valence-corrected chi connectivity index (χ1v) is 16.4. The maximum atomic E-state index is 13.4. The van der Waals surface area contributed by atoms with Gasteiger partial charge in [0.1, 0.15) is 6.04 Å². The molecule has 1 heterocycles. The zero-order valence-electron chi connectivity index (χ0n) is 28.9. The molecule has 47 heavy (non-hydrogen) atoms. The number of aryl methyl sites for hydroxylation is 1. The lowest BCUT2D eigenvalue weighted by molar-refractivity contribution is -0.147. The van der Waals surface area contributed by atoms with Crippen molar-refractivity contribution in [3.8, 4) is 11.1 Å². The van der Waals surface area contributed by atoms with Crippen molar-refractivity contribution in [1.29, 1.82) is 0 Å². The summed E-state index contributed by atoms with van der Waals surface area (Å²) in [6, 6.07) is 27.9. The Kier molecular flexibility index (Phi) is 14.4. The molecule has 4 rings (SSSR count). The zero-order valence-corrected chi connectivity index (χ0v) is 28.9. The monoisotopic (exact) mass is 640 g/mol. The van der Waals surface area contributed by atoms with Crippen LogP contribution in [0.3, 0.4) is 0 Å². The van der Waals surface area contributed by atoms with Gasteiger partial charge in [-0.1, -0.05) is 96.6 Å². The van der Waals surface area contributed by atoms with Crippen molar-refractivity contribution < 1.29 is 19.5 Å². The molecule has 0 saturated carbocycles. The first-order chi connectivity index (χ1) is 22.4. The number of hydrogen-bond donors (Lipinski definition) is 2. The highest BCUT2D eigenvalue weighted by molar-refractivity contribution is 5.93. The molecule has 3 aromatic rings. The Hall–Kier alpha value is -4.27. The Labute approximate surface area is 281 Å². The van der Waals surface area contributed by atoms with Gasteiger partial charge in [-0.05, 0) is 69.8 Å². The van der Waals surface area contributed by atoms with Crippen LogP contribution in [0.15, 0.2) is 97.1 Å². The van der Waals surface area contributed by atoms with Gasteiger partial charge in [0.15, 0.2) is 0 Å². The Bertz CT molecular complexity index is 1430. The molecule has 1 saturated heterocycles. The lowest BCUT2D eigenvalue weighted by atomic mass is 10.0. The molecule has 1 aliphatic rings. The molecule has 0 spiro atoms. The maximum absolute atomic E-state index is 13.4. The molecular weight excluding hydrogens is 588 g/mol. The van der Waals surface area contributed by atoms with E-state index in [9.17, 15) is 19.5 Å². The van der Waals surface area contributed by atoms with E-state index >= 15 is 0 Å². The van der Waals surface area contributed by atoms with Gasteiger partial charge in [-0.25, -0.2) is 0 Å². The van der Waals surface area contributed by atoms with Gasteiger partial charge in [0.05, 0.1) is 12.6 Å². The zero-order chi connectivity index (χ0) is 34.4. The highest BCUT2D eigenvalue weighted by atomic mass is 16.3. The van der Waals surface area contributed by atoms with Crippen molar-refractivity contribution in [1.82, 2.24) is 20.0 Å². The number of benzene rings is 3. The van der Waals surface area contributed by atoms with Gasteiger partial charge in [-0.15, -0.1) is 0 Å². The lowest BCUT2D eigenvalue weighted by Crippen LogP contribution is -2.54. The second-order valence-corrected chi connectivity index (χ2v) is 12.9. The van der Waals surface area contributed by atoms with Gasteiger partial charge >= 0.3 is 0 Å². The summed E-state index contributed by atoms with van der Waals surface area (Å²) >= 11 is 0. The second-order valence-electron chi connectivity index (χ2n) is 12.9. The molecule has 0 aromatic heterocycles. The van der Waals surface area contributed by atoms with E-state index < -0.39 is 6.04 Å². The van der Waals surface area contributed by atoms with E-state index in [1.54, 1.807) is 25.1 Å². The standard InChI is InChI=1S/C26H40N4O4.C13H12/c1-26(2,27-3)15-9-12-23(32)28(4)19-24(33)29(5)22(18-20-10-7-6-8-11-20)25(34)30-16-13-21(31)14-17-30;1-11-7-9-13(10-8-11)12-5-3-2-4-6-12/h6-12,21-22,27,31H,13-19H2,1-5H3;2-10H,1H3/b12-9+;. The summed E-state index contributed by atoms with van der Waals surface area (Å²) in [6.07, 6.45) is 5.04. The summed E-state index contributed by atoms with van der Waals surface area (Å²) in [5.74, 6) is -0.689. The number of nitrogens with one attached hydrogen (secondary N) is 1. The third kappa shape index (κ3) is 12.1. The van der Waals surface area contributed by atoms with Gasteiger partial charge in [0, 0.05) is 39.1 Å². The van der Waals surface area contributed by atoms with Crippen LogP contribution in [0, 0.1) is 6.92 Å². The Morgan fingerprint density at radius 3 is 2.04 bits per heavy atom. The first kappa shape index (κ1) is 37.2. The average Bonchev–Trinajstić information content (AvgIpc) is 3.08. The number of likely N-dealkylation sites (N-methyl/N-ethyl adjacent to an activating group) is 2. The summed E-state index contributed by atoms with van der Waals surface area (Å²) < 4.78 is 0. The minimum absolute atomic E-state index is 0.119. The fourth-order valence-corrected chi connectivity index (χ4v) is 5.15. The summed E-state index contributed by atoms with van der Waals surface area (Å²) in [4.78, 5) is 43.5. The summed E-state index contributed by atoms with van der Waals surface area (Å²) in [6.45, 7) is 7.01. The number of aliphatic hydroxyl groups excluding tert-OH is 1. The van der Waals surface area contributed by atoms with Gasteiger partial charge in [-0.3, -0.25) is 14.4 Å². The average molecular weight is 641 g/mol. The van der Waals surface area contributed by atoms with Crippen LogP contribution in [0.25, 0.3) is 11.1 Å². The van der Waals surface area contributed by atoms with Crippen molar-refractivity contribution in [2.75, 3.05) is 40.8 Å². The number of amides is 3. The molecule has 0 radical (unpaired) electrons.